The predicted molar refractivity (Wildman–Crippen MR) is 82.7 cm³/mol. The van der Waals surface area contributed by atoms with Gasteiger partial charge in [-0.1, -0.05) is 22.9 Å². The highest BCUT2D eigenvalue weighted by Crippen LogP contribution is 2.23. The average molecular weight is 341 g/mol. The number of ether oxygens (including phenoxy) is 1. The summed E-state index contributed by atoms with van der Waals surface area (Å²) in [7, 11) is 0. The van der Waals surface area contributed by atoms with Gasteiger partial charge < -0.3 is 10.1 Å². The Hall–Kier alpha value is -0.910. The summed E-state index contributed by atoms with van der Waals surface area (Å²) in [6, 6.07) is 6.01. The van der Waals surface area contributed by atoms with Crippen molar-refractivity contribution < 1.29 is 4.74 Å². The number of hydrogen-bond donors (Lipinski definition) is 1. The van der Waals surface area contributed by atoms with Crippen LogP contribution in [0.2, 0.25) is 0 Å². The molecule has 0 aliphatic heterocycles. The van der Waals surface area contributed by atoms with E-state index in [1.165, 1.54) is 0 Å². The molecule has 0 bridgehead atoms. The Labute approximate surface area is 126 Å². The van der Waals surface area contributed by atoms with Crippen molar-refractivity contribution >= 4 is 27.3 Å². The Morgan fingerprint density at radius 3 is 3.00 bits per heavy atom. The van der Waals surface area contributed by atoms with Gasteiger partial charge in [0.25, 0.3) is 0 Å². The minimum atomic E-state index is 0.519. The molecule has 0 aliphatic rings. The van der Waals surface area contributed by atoms with Gasteiger partial charge in [-0.3, -0.25) is 0 Å². The molecular weight excluding hydrogens is 324 g/mol. The maximum Gasteiger partial charge on any atom is 0.131 e. The maximum atomic E-state index is 5.80. The second-order valence-electron chi connectivity index (χ2n) is 4.21. The number of aryl methyl sites for hydroxylation is 1. The Kier molecular flexibility index (Phi) is 5.36. The Bertz CT molecular complexity index is 542. The van der Waals surface area contributed by atoms with E-state index >= 15 is 0 Å². The number of rotatable bonds is 6. The molecule has 0 saturated carbocycles. The largest absolute Gasteiger partial charge is 0.487 e. The molecule has 0 amide bonds. The van der Waals surface area contributed by atoms with Crippen molar-refractivity contribution in [1.29, 1.82) is 0 Å². The molecule has 2 rings (SSSR count). The first kappa shape index (κ1) is 14.5. The second kappa shape index (κ2) is 7.03. The van der Waals surface area contributed by atoms with Gasteiger partial charge in [-0.25, -0.2) is 4.98 Å². The molecule has 3 nitrogen and oxygen atoms in total. The molecule has 2 aromatic rings. The van der Waals surface area contributed by atoms with Gasteiger partial charge in [0, 0.05) is 16.4 Å². The van der Waals surface area contributed by atoms with Gasteiger partial charge in [0.2, 0.25) is 0 Å². The van der Waals surface area contributed by atoms with Crippen LogP contribution in [-0.2, 0) is 13.2 Å². The second-order valence-corrected chi connectivity index (χ2v) is 6.07. The number of halogens is 1. The number of aromatic nitrogens is 1. The lowest BCUT2D eigenvalue weighted by molar-refractivity contribution is 0.299. The summed E-state index contributed by atoms with van der Waals surface area (Å²) in [5.41, 5.74) is 2.11. The first-order valence-corrected chi connectivity index (χ1v) is 7.89. The minimum absolute atomic E-state index is 0.519. The molecule has 0 saturated heterocycles. The van der Waals surface area contributed by atoms with E-state index in [0.717, 1.165) is 39.6 Å². The fraction of sp³-hybridized carbons (Fsp3) is 0.357. The van der Waals surface area contributed by atoms with E-state index in [4.69, 9.17) is 4.74 Å². The summed E-state index contributed by atoms with van der Waals surface area (Å²) in [6.45, 7) is 6.44. The number of benzene rings is 1. The highest BCUT2D eigenvalue weighted by atomic mass is 79.9. The van der Waals surface area contributed by atoms with E-state index in [9.17, 15) is 0 Å². The summed E-state index contributed by atoms with van der Waals surface area (Å²) in [5, 5.41) is 6.43. The number of hydrogen-bond acceptors (Lipinski definition) is 4. The first-order chi connectivity index (χ1) is 9.19. The Morgan fingerprint density at radius 2 is 2.26 bits per heavy atom. The normalized spacial score (nSPS) is 10.7. The van der Waals surface area contributed by atoms with Crippen LogP contribution in [-0.4, -0.2) is 11.5 Å². The van der Waals surface area contributed by atoms with Crippen LogP contribution in [0.25, 0.3) is 0 Å². The zero-order valence-electron chi connectivity index (χ0n) is 11.1. The van der Waals surface area contributed by atoms with Gasteiger partial charge in [0.1, 0.15) is 17.4 Å². The van der Waals surface area contributed by atoms with Gasteiger partial charge in [-0.05, 0) is 37.2 Å². The Balaban J connectivity index is 1.92. The third-order valence-corrected chi connectivity index (χ3v) is 4.03. The van der Waals surface area contributed by atoms with Gasteiger partial charge in [0.05, 0.1) is 5.69 Å². The third-order valence-electron chi connectivity index (χ3n) is 2.64. The summed E-state index contributed by atoms with van der Waals surface area (Å²) < 4.78 is 6.87. The Morgan fingerprint density at radius 1 is 1.42 bits per heavy atom. The molecule has 0 atom stereocenters. The molecule has 19 heavy (non-hydrogen) atoms. The van der Waals surface area contributed by atoms with Crippen molar-refractivity contribution in [3.8, 4) is 5.75 Å². The average Bonchev–Trinajstić information content (AvgIpc) is 2.83. The van der Waals surface area contributed by atoms with Crippen LogP contribution in [0.15, 0.2) is 28.1 Å². The molecule has 1 heterocycles. The molecular formula is C14H17BrN2OS. The molecule has 0 aliphatic carbocycles. The fourth-order valence-electron chi connectivity index (χ4n) is 1.65. The van der Waals surface area contributed by atoms with Crippen LogP contribution in [0.4, 0.5) is 0 Å². The monoisotopic (exact) mass is 340 g/mol. The third kappa shape index (κ3) is 4.30. The summed E-state index contributed by atoms with van der Waals surface area (Å²) in [6.07, 6.45) is 0. The van der Waals surface area contributed by atoms with Crippen LogP contribution >= 0.6 is 27.3 Å². The quantitative estimate of drug-likeness (QED) is 0.865. The van der Waals surface area contributed by atoms with E-state index in [2.05, 4.69) is 38.5 Å². The van der Waals surface area contributed by atoms with Crippen molar-refractivity contribution in [3.63, 3.8) is 0 Å². The fourth-order valence-corrected chi connectivity index (χ4v) is 2.88. The summed E-state index contributed by atoms with van der Waals surface area (Å²) >= 11 is 5.12. The molecule has 0 spiro atoms. The molecule has 1 N–H and O–H groups in total. The zero-order valence-corrected chi connectivity index (χ0v) is 13.5. The molecule has 0 fully saturated rings. The van der Waals surface area contributed by atoms with Gasteiger partial charge in [-0.15, -0.1) is 11.3 Å². The van der Waals surface area contributed by atoms with Gasteiger partial charge >= 0.3 is 0 Å². The lowest BCUT2D eigenvalue weighted by atomic mass is 10.2. The van der Waals surface area contributed by atoms with E-state index in [-0.39, 0.29) is 0 Å². The topological polar surface area (TPSA) is 34.2 Å². The maximum absolute atomic E-state index is 5.80. The highest BCUT2D eigenvalue weighted by molar-refractivity contribution is 9.10. The van der Waals surface area contributed by atoms with Crippen molar-refractivity contribution in [3.05, 3.63) is 44.3 Å². The number of thiazole rings is 1. The molecule has 1 aromatic heterocycles. The van der Waals surface area contributed by atoms with Gasteiger partial charge in [-0.2, -0.15) is 0 Å². The minimum Gasteiger partial charge on any atom is -0.487 e. The molecule has 102 valence electrons. The van der Waals surface area contributed by atoms with Crippen molar-refractivity contribution in [2.24, 2.45) is 0 Å². The van der Waals surface area contributed by atoms with E-state index < -0.39 is 0 Å². The van der Waals surface area contributed by atoms with Crippen molar-refractivity contribution in [2.45, 2.75) is 27.0 Å². The van der Waals surface area contributed by atoms with Crippen LogP contribution < -0.4 is 10.1 Å². The molecule has 0 unspecified atom stereocenters. The van der Waals surface area contributed by atoms with Crippen LogP contribution in [0.5, 0.6) is 5.75 Å². The lowest BCUT2D eigenvalue weighted by Gasteiger charge is -2.07. The first-order valence-electron chi connectivity index (χ1n) is 6.22. The number of nitrogens with zero attached hydrogens (tertiary/aromatic N) is 1. The standard InChI is InChI=1S/C14H17BrN2OS/c1-3-16-7-14-17-12(9-19-14)8-18-13-5-4-11(15)6-10(13)2/h4-6,9,16H,3,7-8H2,1-2H3. The van der Waals surface area contributed by atoms with E-state index in [0.29, 0.717) is 6.61 Å². The molecule has 5 heteroatoms. The van der Waals surface area contributed by atoms with E-state index in [1.54, 1.807) is 11.3 Å². The van der Waals surface area contributed by atoms with Crippen LogP contribution in [0, 0.1) is 6.92 Å². The predicted octanol–water partition coefficient (Wildman–Crippen LogP) is 3.90. The molecule has 0 radical (unpaired) electrons. The van der Waals surface area contributed by atoms with E-state index in [1.807, 2.05) is 25.1 Å². The highest BCUT2D eigenvalue weighted by Gasteiger charge is 2.04. The van der Waals surface area contributed by atoms with Crippen LogP contribution in [0.3, 0.4) is 0 Å². The van der Waals surface area contributed by atoms with Gasteiger partial charge in [0.15, 0.2) is 0 Å². The SMILES string of the molecule is CCNCc1nc(COc2ccc(Br)cc2C)cs1. The summed E-state index contributed by atoms with van der Waals surface area (Å²) in [4.78, 5) is 4.53. The van der Waals surface area contributed by atoms with Crippen molar-refractivity contribution in [1.82, 2.24) is 10.3 Å². The van der Waals surface area contributed by atoms with Crippen LogP contribution in [0.1, 0.15) is 23.2 Å². The zero-order chi connectivity index (χ0) is 13.7. The summed E-state index contributed by atoms with van der Waals surface area (Å²) in [5.74, 6) is 0.907. The lowest BCUT2D eigenvalue weighted by Crippen LogP contribution is -2.11. The van der Waals surface area contributed by atoms with Crippen molar-refractivity contribution in [2.75, 3.05) is 6.54 Å². The smallest absolute Gasteiger partial charge is 0.131 e. The number of nitrogens with one attached hydrogen (secondary N) is 1. The molecule has 1 aromatic carbocycles.